The lowest BCUT2D eigenvalue weighted by atomic mass is 10.1. The van der Waals surface area contributed by atoms with Crippen molar-refractivity contribution in [1.82, 2.24) is 10.3 Å². The molecule has 21 heavy (non-hydrogen) atoms. The number of carbonyl (C=O) groups is 2. The minimum Gasteiger partial charge on any atom is -0.480 e. The van der Waals surface area contributed by atoms with Gasteiger partial charge < -0.3 is 10.4 Å². The minimum absolute atomic E-state index is 0.224. The Kier molecular flexibility index (Phi) is 6.04. The van der Waals surface area contributed by atoms with E-state index in [1.54, 1.807) is 0 Å². The molecule has 2 N–H and O–H groups in total. The first kappa shape index (κ1) is 16.8. The van der Waals surface area contributed by atoms with Gasteiger partial charge in [-0.25, -0.2) is 9.78 Å². The monoisotopic (exact) mass is 315 g/mol. The van der Waals surface area contributed by atoms with Gasteiger partial charge in [-0.1, -0.05) is 31.4 Å². The van der Waals surface area contributed by atoms with Crippen molar-refractivity contribution in [2.75, 3.05) is 0 Å². The summed E-state index contributed by atoms with van der Waals surface area (Å²) in [6.45, 7) is 1.89. The molecule has 1 heterocycles. The largest absolute Gasteiger partial charge is 0.480 e. The zero-order chi connectivity index (χ0) is 16.0. The Labute approximate surface area is 125 Å². The van der Waals surface area contributed by atoms with Crippen LogP contribution in [0.25, 0.3) is 0 Å². The van der Waals surface area contributed by atoms with Crippen molar-refractivity contribution in [3.63, 3.8) is 0 Å². The summed E-state index contributed by atoms with van der Waals surface area (Å²) in [5.41, 5.74) is -0.626. The molecular formula is C12H14ClN3O5. The zero-order valence-corrected chi connectivity index (χ0v) is 12.0. The van der Waals surface area contributed by atoms with E-state index in [9.17, 15) is 19.7 Å². The van der Waals surface area contributed by atoms with Crippen LogP contribution < -0.4 is 5.32 Å². The zero-order valence-electron chi connectivity index (χ0n) is 11.2. The fourth-order valence-corrected chi connectivity index (χ4v) is 1.79. The van der Waals surface area contributed by atoms with E-state index in [2.05, 4.69) is 10.3 Å². The predicted molar refractivity (Wildman–Crippen MR) is 74.3 cm³/mol. The molecule has 1 amide bonds. The summed E-state index contributed by atoms with van der Waals surface area (Å²) in [6.07, 6.45) is 2.58. The van der Waals surface area contributed by atoms with Crippen LogP contribution in [0.2, 0.25) is 5.15 Å². The van der Waals surface area contributed by atoms with Crippen LogP contribution in [-0.2, 0) is 4.79 Å². The summed E-state index contributed by atoms with van der Waals surface area (Å²) < 4.78 is 0. The van der Waals surface area contributed by atoms with Gasteiger partial charge in [-0.2, -0.15) is 0 Å². The van der Waals surface area contributed by atoms with Crippen LogP contribution in [0.1, 0.15) is 36.5 Å². The highest BCUT2D eigenvalue weighted by Gasteiger charge is 2.23. The van der Waals surface area contributed by atoms with Crippen molar-refractivity contribution in [3.05, 3.63) is 33.1 Å². The van der Waals surface area contributed by atoms with Crippen molar-refractivity contribution >= 4 is 29.2 Å². The highest BCUT2D eigenvalue weighted by molar-refractivity contribution is 6.32. The number of nitrogens with zero attached hydrogens (tertiary/aromatic N) is 2. The lowest BCUT2D eigenvalue weighted by molar-refractivity contribution is -0.385. The molecule has 0 aliphatic rings. The molecule has 0 saturated carbocycles. The molecule has 0 aliphatic carbocycles. The molecule has 0 aliphatic heterocycles. The van der Waals surface area contributed by atoms with Crippen molar-refractivity contribution in [2.45, 2.75) is 32.2 Å². The Hall–Kier alpha value is -2.22. The molecule has 8 nitrogen and oxygen atoms in total. The molecule has 9 heteroatoms. The highest BCUT2D eigenvalue weighted by Crippen LogP contribution is 2.19. The third-order valence-corrected chi connectivity index (χ3v) is 3.03. The Morgan fingerprint density at radius 3 is 2.76 bits per heavy atom. The summed E-state index contributed by atoms with van der Waals surface area (Å²) in [6, 6.07) is -0.114. The van der Waals surface area contributed by atoms with Crippen LogP contribution in [0.5, 0.6) is 0 Å². The van der Waals surface area contributed by atoms with Gasteiger partial charge in [0.15, 0.2) is 0 Å². The molecule has 1 aromatic rings. The average molecular weight is 316 g/mol. The van der Waals surface area contributed by atoms with Crippen LogP contribution in [0.4, 0.5) is 5.69 Å². The molecule has 1 unspecified atom stereocenters. The van der Waals surface area contributed by atoms with E-state index >= 15 is 0 Å². The van der Waals surface area contributed by atoms with E-state index in [1.165, 1.54) is 0 Å². The van der Waals surface area contributed by atoms with E-state index < -0.39 is 28.5 Å². The number of carbonyl (C=O) groups excluding carboxylic acids is 1. The highest BCUT2D eigenvalue weighted by atomic mass is 35.5. The first-order valence-electron chi connectivity index (χ1n) is 6.20. The number of hydrogen-bond donors (Lipinski definition) is 2. The van der Waals surface area contributed by atoms with Crippen molar-refractivity contribution in [3.8, 4) is 0 Å². The Balaban J connectivity index is 2.94. The van der Waals surface area contributed by atoms with E-state index in [1.807, 2.05) is 6.92 Å². The van der Waals surface area contributed by atoms with Crippen molar-refractivity contribution in [2.24, 2.45) is 0 Å². The molecular weight excluding hydrogens is 302 g/mol. The number of pyridine rings is 1. The summed E-state index contributed by atoms with van der Waals surface area (Å²) >= 11 is 5.72. The fraction of sp³-hybridized carbons (Fsp3) is 0.417. The third-order valence-electron chi connectivity index (χ3n) is 2.73. The van der Waals surface area contributed by atoms with Gasteiger partial charge in [-0.05, 0) is 6.42 Å². The van der Waals surface area contributed by atoms with Gasteiger partial charge in [-0.15, -0.1) is 0 Å². The topological polar surface area (TPSA) is 122 Å². The number of aliphatic carboxylic acids is 1. The van der Waals surface area contributed by atoms with E-state index in [4.69, 9.17) is 16.7 Å². The fourth-order valence-electron chi connectivity index (χ4n) is 1.60. The first-order chi connectivity index (χ1) is 9.86. The van der Waals surface area contributed by atoms with Gasteiger partial charge in [0.2, 0.25) is 0 Å². The van der Waals surface area contributed by atoms with Gasteiger partial charge in [0.05, 0.1) is 10.5 Å². The molecule has 1 atom stereocenters. The molecule has 0 spiro atoms. The number of carboxylic acids is 1. The standard InChI is InChI=1S/C12H14ClN3O5/c1-2-3-4-9(12(18)19)15-11(17)8-5-7(16(20)21)6-14-10(8)13/h5-6,9H,2-4H2,1H3,(H,15,17)(H,18,19). The maximum Gasteiger partial charge on any atom is 0.326 e. The second-order valence-corrected chi connectivity index (χ2v) is 4.65. The second kappa shape index (κ2) is 7.53. The summed E-state index contributed by atoms with van der Waals surface area (Å²) in [5.74, 6) is -1.98. The SMILES string of the molecule is CCCCC(NC(=O)c1cc([N+](=O)[O-])cnc1Cl)C(=O)O. The molecule has 1 aromatic heterocycles. The number of amides is 1. The normalized spacial score (nSPS) is 11.7. The predicted octanol–water partition coefficient (Wildman–Crippen LogP) is 2.02. The smallest absolute Gasteiger partial charge is 0.326 e. The maximum atomic E-state index is 12.0. The van der Waals surface area contributed by atoms with Crippen LogP contribution in [0, 0.1) is 10.1 Å². The van der Waals surface area contributed by atoms with E-state index in [-0.39, 0.29) is 17.1 Å². The molecule has 0 radical (unpaired) electrons. The van der Waals surface area contributed by atoms with Gasteiger partial charge in [0.25, 0.3) is 11.6 Å². The molecule has 0 fully saturated rings. The number of nitrogens with one attached hydrogen (secondary N) is 1. The lowest BCUT2D eigenvalue weighted by Crippen LogP contribution is -2.40. The minimum atomic E-state index is -1.17. The number of rotatable bonds is 7. The average Bonchev–Trinajstić information content (AvgIpc) is 2.42. The van der Waals surface area contributed by atoms with Crippen LogP contribution in [-0.4, -0.2) is 32.9 Å². The molecule has 0 aromatic carbocycles. The van der Waals surface area contributed by atoms with Crippen LogP contribution >= 0.6 is 11.6 Å². The maximum absolute atomic E-state index is 12.0. The van der Waals surface area contributed by atoms with Crippen LogP contribution in [0.3, 0.4) is 0 Å². The number of aromatic nitrogens is 1. The van der Waals surface area contributed by atoms with Crippen molar-refractivity contribution < 1.29 is 19.6 Å². The number of hydrogen-bond acceptors (Lipinski definition) is 5. The molecule has 0 saturated heterocycles. The number of halogens is 1. The summed E-state index contributed by atoms with van der Waals surface area (Å²) in [4.78, 5) is 36.5. The molecule has 0 bridgehead atoms. The van der Waals surface area contributed by atoms with Crippen LogP contribution in [0.15, 0.2) is 12.3 Å². The lowest BCUT2D eigenvalue weighted by Gasteiger charge is -2.14. The van der Waals surface area contributed by atoms with E-state index in [0.29, 0.717) is 6.42 Å². The van der Waals surface area contributed by atoms with E-state index in [0.717, 1.165) is 18.7 Å². The third kappa shape index (κ3) is 4.67. The first-order valence-corrected chi connectivity index (χ1v) is 6.58. The summed E-state index contributed by atoms with van der Waals surface area (Å²) in [7, 11) is 0. The quantitative estimate of drug-likeness (QED) is 0.451. The summed E-state index contributed by atoms with van der Waals surface area (Å²) in [5, 5.41) is 21.8. The number of nitro groups is 1. The van der Waals surface area contributed by atoms with Gasteiger partial charge in [0, 0.05) is 6.07 Å². The van der Waals surface area contributed by atoms with Gasteiger partial charge in [-0.3, -0.25) is 14.9 Å². The molecule has 114 valence electrons. The Bertz CT molecular complexity index is 564. The Morgan fingerprint density at radius 2 is 2.24 bits per heavy atom. The molecule has 1 rings (SSSR count). The Morgan fingerprint density at radius 1 is 1.57 bits per heavy atom. The van der Waals surface area contributed by atoms with Gasteiger partial charge >= 0.3 is 5.97 Å². The second-order valence-electron chi connectivity index (χ2n) is 4.30. The van der Waals surface area contributed by atoms with Crippen molar-refractivity contribution in [1.29, 1.82) is 0 Å². The van der Waals surface area contributed by atoms with Gasteiger partial charge in [0.1, 0.15) is 17.4 Å². The number of unbranched alkanes of at least 4 members (excludes halogenated alkanes) is 1. The number of carboxylic acid groups (broad SMARTS) is 1.